The molecule has 0 saturated heterocycles. The van der Waals surface area contributed by atoms with Crippen molar-refractivity contribution in [3.05, 3.63) is 70.8 Å². The fraction of sp³-hybridized carbons (Fsp3) is 0.455. The highest BCUT2D eigenvalue weighted by molar-refractivity contribution is 6.32. The van der Waals surface area contributed by atoms with Gasteiger partial charge in [0.2, 0.25) is 6.29 Å². The zero-order valence-electron chi connectivity index (χ0n) is 28.5. The number of nitrogens with one attached hydrogen (secondary N) is 1. The number of H-pyrrole nitrogens is 1. The number of halogens is 1. The van der Waals surface area contributed by atoms with Crippen molar-refractivity contribution in [1.29, 1.82) is 0 Å². The molecule has 262 valence electrons. The number of tetrazole rings is 1. The molecule has 4 aromatic rings. The maximum atomic E-state index is 13.4. The Morgan fingerprint density at radius 1 is 1.04 bits per heavy atom. The summed E-state index contributed by atoms with van der Waals surface area (Å²) in [5, 5.41) is 20.0. The number of benzene rings is 2. The van der Waals surface area contributed by atoms with Crippen LogP contribution in [0.5, 0.6) is 0 Å². The fourth-order valence-electron chi connectivity index (χ4n) is 5.06. The number of hydrogen-bond donors (Lipinski definition) is 1. The van der Waals surface area contributed by atoms with Gasteiger partial charge in [-0.2, -0.15) is 0 Å². The van der Waals surface area contributed by atoms with Gasteiger partial charge in [-0.3, -0.25) is 4.79 Å². The third-order valence-electron chi connectivity index (χ3n) is 7.53. The molecule has 2 aromatic carbocycles. The first kappa shape index (κ1) is 36.8. The minimum atomic E-state index is -1.16. The van der Waals surface area contributed by atoms with Crippen LogP contribution in [-0.4, -0.2) is 85.2 Å². The standard InChI is InChI=1S/C33H43ClN9O6/c1-6-9-15-28-35-31(34)30(33(45)49-23(4)48-29(44)16-12-21-47-40-43(46-5)41(7-2)8-3)42(28)22-24-17-19-25(20-18-24)26-13-10-11-14-27(26)32-36-38-39-37-32/h10-11,13-14,17-20,23H,6-9,12,15-16,21-22H2,1-5H3,(H,36,37,38,39)/q+1/b43-40-. The molecule has 0 bridgehead atoms. The van der Waals surface area contributed by atoms with E-state index < -0.39 is 18.2 Å². The lowest BCUT2D eigenvalue weighted by molar-refractivity contribution is -0.942. The van der Waals surface area contributed by atoms with E-state index in [2.05, 4.69) is 37.8 Å². The highest BCUT2D eigenvalue weighted by Gasteiger charge is 2.26. The normalized spacial score (nSPS) is 12.0. The first-order valence-corrected chi connectivity index (χ1v) is 16.7. The maximum Gasteiger partial charge on any atom is 0.361 e. The van der Waals surface area contributed by atoms with E-state index in [0.29, 0.717) is 44.1 Å². The van der Waals surface area contributed by atoms with Crippen LogP contribution in [0.4, 0.5) is 0 Å². The lowest BCUT2D eigenvalue weighted by atomic mass is 9.98. The molecule has 0 aliphatic heterocycles. The molecule has 2 aromatic heterocycles. The lowest BCUT2D eigenvalue weighted by Crippen LogP contribution is -2.33. The third kappa shape index (κ3) is 9.98. The van der Waals surface area contributed by atoms with Crippen molar-refractivity contribution in [1.82, 2.24) is 35.2 Å². The number of esters is 2. The van der Waals surface area contributed by atoms with Crippen LogP contribution >= 0.6 is 11.6 Å². The SMILES string of the molecule is CCCCc1nc(Cl)c(C(=O)OC(C)OC(=O)CCCO/N=[N+](\OC)N(CC)CC)n1Cc1ccc(-c2ccccc2-c2nnn[nH]2)cc1. The minimum absolute atomic E-state index is 0.0246. The number of ether oxygens (including phenoxy) is 2. The van der Waals surface area contributed by atoms with Crippen LogP contribution in [-0.2, 0) is 36.9 Å². The summed E-state index contributed by atoms with van der Waals surface area (Å²) < 4.78 is 12.6. The maximum absolute atomic E-state index is 13.4. The Morgan fingerprint density at radius 2 is 1.78 bits per heavy atom. The summed E-state index contributed by atoms with van der Waals surface area (Å²) in [5.74, 6) is -0.0680. The molecule has 15 nitrogen and oxygen atoms in total. The van der Waals surface area contributed by atoms with Gasteiger partial charge in [-0.25, -0.2) is 19.7 Å². The summed E-state index contributed by atoms with van der Waals surface area (Å²) >= 11 is 6.52. The van der Waals surface area contributed by atoms with E-state index in [1.165, 1.54) is 19.0 Å². The number of aryl methyl sites for hydroxylation is 1. The first-order chi connectivity index (χ1) is 23.8. The quantitative estimate of drug-likeness (QED) is 0.0314. The Balaban J connectivity index is 1.40. The van der Waals surface area contributed by atoms with Crippen molar-refractivity contribution in [3.8, 4) is 22.5 Å². The van der Waals surface area contributed by atoms with E-state index in [0.717, 1.165) is 35.1 Å². The summed E-state index contributed by atoms with van der Waals surface area (Å²) in [5.41, 5.74) is 3.82. The topological polar surface area (TPSA) is 162 Å². The summed E-state index contributed by atoms with van der Waals surface area (Å²) in [6, 6.07) is 15.8. The second kappa shape index (κ2) is 18.5. The number of imidazole rings is 1. The number of carbonyl (C=O) groups is 2. The van der Waals surface area contributed by atoms with E-state index in [1.807, 2.05) is 67.4 Å². The molecular weight excluding hydrogens is 654 g/mol. The van der Waals surface area contributed by atoms with Gasteiger partial charge in [0.1, 0.15) is 12.4 Å². The molecule has 49 heavy (non-hydrogen) atoms. The van der Waals surface area contributed by atoms with Crippen molar-refractivity contribution in [2.24, 2.45) is 5.28 Å². The number of nitrogens with zero attached hydrogens (tertiary/aromatic N) is 8. The van der Waals surface area contributed by atoms with Gasteiger partial charge < -0.3 is 18.9 Å². The van der Waals surface area contributed by atoms with Crippen molar-refractivity contribution < 1.29 is 33.7 Å². The molecule has 0 saturated carbocycles. The van der Waals surface area contributed by atoms with Crippen molar-refractivity contribution in [2.75, 3.05) is 26.8 Å². The average molecular weight is 697 g/mol. The van der Waals surface area contributed by atoms with Crippen LogP contribution in [0.3, 0.4) is 0 Å². The first-order valence-electron chi connectivity index (χ1n) is 16.3. The number of hydrazine groups is 1. The molecule has 0 aliphatic carbocycles. The Morgan fingerprint density at radius 3 is 2.43 bits per heavy atom. The molecule has 16 heteroatoms. The summed E-state index contributed by atoms with van der Waals surface area (Å²) in [4.78, 5) is 42.0. The van der Waals surface area contributed by atoms with E-state index in [-0.39, 0.29) is 23.9 Å². The Kier molecular flexibility index (Phi) is 13.9. The van der Waals surface area contributed by atoms with E-state index in [9.17, 15) is 9.59 Å². The smallest absolute Gasteiger partial charge is 0.361 e. The zero-order chi connectivity index (χ0) is 35.2. The number of unbranched alkanes of at least 4 members (excludes halogenated alkanes) is 1. The zero-order valence-corrected chi connectivity index (χ0v) is 29.2. The minimum Gasteiger partial charge on any atom is -0.425 e. The van der Waals surface area contributed by atoms with Gasteiger partial charge in [0.05, 0.1) is 13.1 Å². The summed E-state index contributed by atoms with van der Waals surface area (Å²) in [7, 11) is 1.48. The molecule has 2 heterocycles. The largest absolute Gasteiger partial charge is 0.425 e. The lowest BCUT2D eigenvalue weighted by Gasteiger charge is -2.16. The molecule has 4 rings (SSSR count). The average Bonchev–Trinajstić information content (AvgIpc) is 3.75. The van der Waals surface area contributed by atoms with Crippen LogP contribution in [0, 0.1) is 0 Å². The molecule has 0 amide bonds. The second-order valence-electron chi connectivity index (χ2n) is 10.9. The number of carbonyl (C=O) groups excluding carboxylic acids is 2. The molecule has 0 spiro atoms. The third-order valence-corrected chi connectivity index (χ3v) is 7.80. The van der Waals surface area contributed by atoms with Gasteiger partial charge in [-0.1, -0.05) is 73.5 Å². The Bertz CT molecular complexity index is 1670. The summed E-state index contributed by atoms with van der Waals surface area (Å²) in [6.07, 6.45) is 1.63. The predicted octanol–water partition coefficient (Wildman–Crippen LogP) is 5.82. The molecule has 1 N–H and O–H groups in total. The van der Waals surface area contributed by atoms with Gasteiger partial charge in [-0.15, -0.1) is 10.1 Å². The second-order valence-corrected chi connectivity index (χ2v) is 11.3. The summed E-state index contributed by atoms with van der Waals surface area (Å²) in [6.45, 7) is 9.31. The Hall–Kier alpha value is -5.05. The van der Waals surface area contributed by atoms with Gasteiger partial charge in [0.15, 0.2) is 23.8 Å². The van der Waals surface area contributed by atoms with Crippen molar-refractivity contribution >= 4 is 23.5 Å². The van der Waals surface area contributed by atoms with Crippen LogP contribution in [0.15, 0.2) is 53.8 Å². The van der Waals surface area contributed by atoms with E-state index >= 15 is 0 Å². The van der Waals surface area contributed by atoms with Crippen LogP contribution in [0.1, 0.15) is 75.3 Å². The monoisotopic (exact) mass is 696 g/mol. The number of aromatic amines is 1. The van der Waals surface area contributed by atoms with Crippen LogP contribution in [0.2, 0.25) is 5.15 Å². The van der Waals surface area contributed by atoms with Crippen LogP contribution < -0.4 is 0 Å². The fourth-order valence-corrected chi connectivity index (χ4v) is 5.33. The van der Waals surface area contributed by atoms with Crippen molar-refractivity contribution in [3.63, 3.8) is 0 Å². The molecule has 1 atom stereocenters. The van der Waals surface area contributed by atoms with Gasteiger partial charge in [0, 0.05) is 31.9 Å². The highest BCUT2D eigenvalue weighted by atomic mass is 35.5. The van der Waals surface area contributed by atoms with E-state index in [1.54, 1.807) is 4.57 Å². The van der Waals surface area contributed by atoms with E-state index in [4.69, 9.17) is 30.7 Å². The predicted molar refractivity (Wildman–Crippen MR) is 179 cm³/mol. The number of rotatable bonds is 19. The van der Waals surface area contributed by atoms with Gasteiger partial charge in [-0.05, 0) is 53.8 Å². The molecule has 1 unspecified atom stereocenters. The molecule has 0 aliphatic rings. The van der Waals surface area contributed by atoms with Gasteiger partial charge in [0.25, 0.3) is 10.2 Å². The van der Waals surface area contributed by atoms with Crippen molar-refractivity contribution in [2.45, 2.75) is 72.6 Å². The molecular formula is C33H43ClN9O6+. The molecule has 0 radical (unpaired) electrons. The number of aromatic nitrogens is 6. The number of hydrogen-bond acceptors (Lipinski definition) is 11. The molecule has 0 fully saturated rings. The van der Waals surface area contributed by atoms with Crippen LogP contribution in [0.25, 0.3) is 22.5 Å². The highest BCUT2D eigenvalue weighted by Crippen LogP contribution is 2.30. The Labute approximate surface area is 290 Å². The van der Waals surface area contributed by atoms with Gasteiger partial charge >= 0.3 is 11.9 Å².